The highest BCUT2D eigenvalue weighted by atomic mass is 35.5. The molecule has 2 rings (SSSR count). The van der Waals surface area contributed by atoms with Crippen LogP contribution in [0.3, 0.4) is 0 Å². The fourth-order valence-electron chi connectivity index (χ4n) is 2.30. The van der Waals surface area contributed by atoms with Gasteiger partial charge in [0.25, 0.3) is 0 Å². The Balaban J connectivity index is 2.08. The first-order chi connectivity index (χ1) is 9.11. The predicted molar refractivity (Wildman–Crippen MR) is 73.5 cm³/mol. The topological polar surface area (TPSA) is 50.5 Å². The van der Waals surface area contributed by atoms with Gasteiger partial charge in [0.15, 0.2) is 0 Å². The number of nitrogens with one attached hydrogen (secondary N) is 1. The number of hydrogen-bond acceptors (Lipinski definition) is 4. The summed E-state index contributed by atoms with van der Waals surface area (Å²) < 4.78 is 19.6. The Kier molecular flexibility index (Phi) is 5.13. The molecular weight excluding hydrogens is 269 g/mol. The smallest absolute Gasteiger partial charge is 0.145 e. The van der Waals surface area contributed by atoms with E-state index in [1.165, 1.54) is 6.07 Å². The maximum atomic E-state index is 13.9. The van der Waals surface area contributed by atoms with Crippen LogP contribution in [-0.2, 0) is 11.2 Å². The molecule has 0 saturated carbocycles. The summed E-state index contributed by atoms with van der Waals surface area (Å²) in [6.07, 6.45) is 0.392. The van der Waals surface area contributed by atoms with E-state index in [9.17, 15) is 4.39 Å². The zero-order valence-corrected chi connectivity index (χ0v) is 11.7. The standard InChI is InChI=1S/C13H19ClFN3O/c1-18-5-6-19-12(8-18)11(17-16)7-9-3-2-4-10(14)13(9)15/h2-4,11-12,17H,5-8,16H2,1H3. The highest BCUT2D eigenvalue weighted by Crippen LogP contribution is 2.20. The number of hydrazine groups is 1. The third-order valence-corrected chi connectivity index (χ3v) is 3.72. The number of morpholine rings is 1. The number of halogens is 2. The molecule has 0 spiro atoms. The molecular formula is C13H19ClFN3O. The Morgan fingerprint density at radius 3 is 3.11 bits per heavy atom. The molecule has 6 heteroatoms. The highest BCUT2D eigenvalue weighted by molar-refractivity contribution is 6.30. The highest BCUT2D eigenvalue weighted by Gasteiger charge is 2.27. The van der Waals surface area contributed by atoms with Crippen LogP contribution in [0, 0.1) is 5.82 Å². The molecule has 0 aliphatic carbocycles. The van der Waals surface area contributed by atoms with Crippen LogP contribution in [0.25, 0.3) is 0 Å². The number of rotatable bonds is 4. The Hall–Kier alpha value is -0.720. The second-order valence-corrected chi connectivity index (χ2v) is 5.27. The zero-order valence-electron chi connectivity index (χ0n) is 10.9. The Labute approximate surface area is 117 Å². The maximum absolute atomic E-state index is 13.9. The van der Waals surface area contributed by atoms with E-state index in [1.807, 2.05) is 7.05 Å². The number of likely N-dealkylation sites (N-methyl/N-ethyl adjacent to an activating group) is 1. The molecule has 2 atom stereocenters. The molecule has 2 unspecified atom stereocenters. The lowest BCUT2D eigenvalue weighted by atomic mass is 10.00. The minimum absolute atomic E-state index is 0.0536. The average molecular weight is 288 g/mol. The van der Waals surface area contributed by atoms with Crippen LogP contribution in [0.4, 0.5) is 4.39 Å². The van der Waals surface area contributed by atoms with Gasteiger partial charge in [0.2, 0.25) is 0 Å². The third kappa shape index (κ3) is 3.64. The Morgan fingerprint density at radius 2 is 2.42 bits per heavy atom. The molecule has 1 fully saturated rings. The molecule has 3 N–H and O–H groups in total. The van der Waals surface area contributed by atoms with Gasteiger partial charge in [0, 0.05) is 13.1 Å². The molecule has 4 nitrogen and oxygen atoms in total. The van der Waals surface area contributed by atoms with Crippen molar-refractivity contribution in [2.75, 3.05) is 26.7 Å². The second-order valence-electron chi connectivity index (χ2n) is 4.86. The lowest BCUT2D eigenvalue weighted by Gasteiger charge is -2.35. The van der Waals surface area contributed by atoms with Gasteiger partial charge in [-0.05, 0) is 25.1 Å². The first-order valence-corrected chi connectivity index (χ1v) is 6.68. The van der Waals surface area contributed by atoms with Crippen molar-refractivity contribution in [3.8, 4) is 0 Å². The molecule has 0 bridgehead atoms. The van der Waals surface area contributed by atoms with Crippen molar-refractivity contribution in [2.24, 2.45) is 5.84 Å². The Morgan fingerprint density at radius 1 is 1.63 bits per heavy atom. The number of nitrogens with two attached hydrogens (primary N) is 1. The molecule has 106 valence electrons. The van der Waals surface area contributed by atoms with E-state index in [1.54, 1.807) is 12.1 Å². The van der Waals surface area contributed by atoms with E-state index in [0.29, 0.717) is 18.6 Å². The fraction of sp³-hybridized carbons (Fsp3) is 0.538. The van der Waals surface area contributed by atoms with E-state index in [-0.39, 0.29) is 23.0 Å². The number of hydrogen-bond donors (Lipinski definition) is 2. The van der Waals surface area contributed by atoms with Gasteiger partial charge < -0.3 is 9.64 Å². The lowest BCUT2D eigenvalue weighted by molar-refractivity contribution is -0.0385. The van der Waals surface area contributed by atoms with Crippen molar-refractivity contribution < 1.29 is 9.13 Å². The van der Waals surface area contributed by atoms with Crippen LogP contribution in [0.15, 0.2) is 18.2 Å². The normalized spacial score (nSPS) is 22.4. The van der Waals surface area contributed by atoms with Crippen LogP contribution in [-0.4, -0.2) is 43.8 Å². The fourth-order valence-corrected chi connectivity index (χ4v) is 2.49. The maximum Gasteiger partial charge on any atom is 0.145 e. The monoisotopic (exact) mass is 287 g/mol. The van der Waals surface area contributed by atoms with Gasteiger partial charge in [-0.15, -0.1) is 0 Å². The van der Waals surface area contributed by atoms with Gasteiger partial charge in [0.1, 0.15) is 5.82 Å². The predicted octanol–water partition coefficient (Wildman–Crippen LogP) is 1.18. The largest absolute Gasteiger partial charge is 0.374 e. The van der Waals surface area contributed by atoms with E-state index >= 15 is 0 Å². The molecule has 1 saturated heterocycles. The minimum atomic E-state index is -0.381. The molecule has 0 amide bonds. The molecule has 1 heterocycles. The first kappa shape index (κ1) is 14.7. The van der Waals surface area contributed by atoms with Crippen molar-refractivity contribution in [2.45, 2.75) is 18.6 Å². The van der Waals surface area contributed by atoms with Crippen molar-refractivity contribution in [3.63, 3.8) is 0 Å². The first-order valence-electron chi connectivity index (χ1n) is 6.31. The minimum Gasteiger partial charge on any atom is -0.374 e. The van der Waals surface area contributed by atoms with Gasteiger partial charge >= 0.3 is 0 Å². The zero-order chi connectivity index (χ0) is 13.8. The van der Waals surface area contributed by atoms with E-state index < -0.39 is 0 Å². The second kappa shape index (κ2) is 6.63. The molecule has 0 radical (unpaired) electrons. The molecule has 19 heavy (non-hydrogen) atoms. The average Bonchev–Trinajstić information content (AvgIpc) is 2.40. The summed E-state index contributed by atoms with van der Waals surface area (Å²) in [4.78, 5) is 2.17. The van der Waals surface area contributed by atoms with Gasteiger partial charge in [-0.2, -0.15) is 0 Å². The Bertz CT molecular complexity index is 432. The van der Waals surface area contributed by atoms with Gasteiger partial charge in [-0.25, -0.2) is 4.39 Å². The van der Waals surface area contributed by atoms with Crippen LogP contribution < -0.4 is 11.3 Å². The summed E-state index contributed by atoms with van der Waals surface area (Å²) in [7, 11) is 2.03. The number of ether oxygens (including phenoxy) is 1. The van der Waals surface area contributed by atoms with Crippen LogP contribution in [0.1, 0.15) is 5.56 Å². The summed E-state index contributed by atoms with van der Waals surface area (Å²) in [5.41, 5.74) is 3.27. The van der Waals surface area contributed by atoms with Crippen LogP contribution in [0.5, 0.6) is 0 Å². The third-order valence-electron chi connectivity index (χ3n) is 3.43. The number of nitrogens with zero attached hydrogens (tertiary/aromatic N) is 1. The van der Waals surface area contributed by atoms with Crippen molar-refractivity contribution in [1.82, 2.24) is 10.3 Å². The van der Waals surface area contributed by atoms with E-state index in [4.69, 9.17) is 22.2 Å². The summed E-state index contributed by atoms with van der Waals surface area (Å²) >= 11 is 5.78. The molecule has 1 aliphatic heterocycles. The van der Waals surface area contributed by atoms with E-state index in [0.717, 1.165) is 13.1 Å². The van der Waals surface area contributed by atoms with Gasteiger partial charge in [0.05, 0.1) is 23.8 Å². The molecule has 1 aliphatic rings. The van der Waals surface area contributed by atoms with Gasteiger partial charge in [-0.1, -0.05) is 23.7 Å². The quantitative estimate of drug-likeness (QED) is 0.645. The SMILES string of the molecule is CN1CCOC(C(Cc2cccc(Cl)c2F)NN)C1. The van der Waals surface area contributed by atoms with Crippen molar-refractivity contribution in [3.05, 3.63) is 34.6 Å². The summed E-state index contributed by atoms with van der Waals surface area (Å²) in [6.45, 7) is 2.34. The van der Waals surface area contributed by atoms with Gasteiger partial charge in [-0.3, -0.25) is 11.3 Å². The summed E-state index contributed by atoms with van der Waals surface area (Å²) in [5, 5.41) is 0.134. The lowest BCUT2D eigenvalue weighted by Crippen LogP contribution is -2.54. The van der Waals surface area contributed by atoms with Crippen LogP contribution >= 0.6 is 11.6 Å². The number of benzene rings is 1. The molecule has 0 aromatic heterocycles. The molecule has 1 aromatic rings. The summed E-state index contributed by atoms with van der Waals surface area (Å²) in [5.74, 6) is 5.20. The van der Waals surface area contributed by atoms with Crippen molar-refractivity contribution in [1.29, 1.82) is 0 Å². The van der Waals surface area contributed by atoms with Crippen LogP contribution in [0.2, 0.25) is 5.02 Å². The molecule has 1 aromatic carbocycles. The summed E-state index contributed by atoms with van der Waals surface area (Å²) in [6, 6.07) is 4.85. The van der Waals surface area contributed by atoms with E-state index in [2.05, 4.69) is 10.3 Å². The van der Waals surface area contributed by atoms with Crippen molar-refractivity contribution >= 4 is 11.6 Å².